The average molecular weight is 178 g/mol. The number of nitrogens with one attached hydrogen (secondary N) is 1. The highest BCUT2D eigenvalue weighted by Gasteiger charge is 2.46. The Labute approximate surface area is 79.8 Å². The Morgan fingerprint density at radius 3 is 2.62 bits per heavy atom. The van der Waals surface area contributed by atoms with Crippen molar-refractivity contribution in [3.8, 4) is 0 Å². The van der Waals surface area contributed by atoms with Crippen LogP contribution in [0.1, 0.15) is 44.9 Å². The number of hydrogen-bond donors (Lipinski definition) is 1. The van der Waals surface area contributed by atoms with E-state index in [9.17, 15) is 0 Å². The molecule has 3 aliphatic rings. The molecular weight excluding hydrogens is 160 g/mol. The Morgan fingerprint density at radius 1 is 1.31 bits per heavy atom. The van der Waals surface area contributed by atoms with Gasteiger partial charge in [0.2, 0.25) is 0 Å². The van der Waals surface area contributed by atoms with Crippen molar-refractivity contribution in [3.05, 3.63) is 0 Å². The minimum Gasteiger partial charge on any atom is -0.310 e. The van der Waals surface area contributed by atoms with E-state index in [2.05, 4.69) is 10.5 Å². The van der Waals surface area contributed by atoms with Gasteiger partial charge in [-0.2, -0.15) is 5.10 Å². The van der Waals surface area contributed by atoms with Crippen LogP contribution in [0.3, 0.4) is 0 Å². The maximum Gasteiger partial charge on any atom is 0.0389 e. The highest BCUT2D eigenvalue weighted by Crippen LogP contribution is 2.54. The first-order valence-corrected chi connectivity index (χ1v) is 5.65. The molecule has 0 saturated heterocycles. The Hall–Kier alpha value is -0.530. The molecule has 0 heterocycles. The van der Waals surface area contributed by atoms with Crippen molar-refractivity contribution in [3.63, 3.8) is 0 Å². The summed E-state index contributed by atoms with van der Waals surface area (Å²) in [6.07, 6.45) is 9.82. The van der Waals surface area contributed by atoms with Crippen molar-refractivity contribution in [1.82, 2.24) is 5.43 Å². The Kier molecular flexibility index (Phi) is 1.64. The van der Waals surface area contributed by atoms with E-state index in [-0.39, 0.29) is 0 Å². The highest BCUT2D eigenvalue weighted by atomic mass is 15.3. The summed E-state index contributed by atoms with van der Waals surface area (Å²) in [7, 11) is 0. The van der Waals surface area contributed by atoms with Crippen molar-refractivity contribution in [2.75, 3.05) is 6.54 Å². The van der Waals surface area contributed by atoms with Gasteiger partial charge in [-0.15, -0.1) is 0 Å². The molecule has 0 radical (unpaired) electrons. The van der Waals surface area contributed by atoms with Crippen LogP contribution in [0.5, 0.6) is 0 Å². The molecule has 3 rings (SSSR count). The summed E-state index contributed by atoms with van der Waals surface area (Å²) in [5.41, 5.74) is 5.40. The van der Waals surface area contributed by atoms with E-state index in [0.717, 1.165) is 17.9 Å². The standard InChI is InChI=1S/C11H18N2/c1-4-11(5-1)6-10(7-11)13-12-8-9-2-3-9/h9,12H,1-8H2. The van der Waals surface area contributed by atoms with Gasteiger partial charge in [0, 0.05) is 12.3 Å². The molecule has 3 aliphatic carbocycles. The van der Waals surface area contributed by atoms with Gasteiger partial charge in [-0.25, -0.2) is 0 Å². The molecule has 3 saturated carbocycles. The van der Waals surface area contributed by atoms with Crippen LogP contribution in [0, 0.1) is 11.3 Å². The van der Waals surface area contributed by atoms with Gasteiger partial charge in [-0.05, 0) is 49.9 Å². The lowest BCUT2D eigenvalue weighted by Crippen LogP contribution is -2.43. The van der Waals surface area contributed by atoms with Crippen molar-refractivity contribution in [2.45, 2.75) is 44.9 Å². The van der Waals surface area contributed by atoms with Gasteiger partial charge in [0.15, 0.2) is 0 Å². The fraction of sp³-hybridized carbons (Fsp3) is 0.909. The van der Waals surface area contributed by atoms with Crippen LogP contribution in [0.15, 0.2) is 5.10 Å². The van der Waals surface area contributed by atoms with Gasteiger partial charge in [-0.3, -0.25) is 0 Å². The lowest BCUT2D eigenvalue weighted by atomic mass is 9.55. The van der Waals surface area contributed by atoms with E-state index < -0.39 is 0 Å². The Bertz CT molecular complexity index is 226. The van der Waals surface area contributed by atoms with Crippen LogP contribution in [-0.2, 0) is 0 Å². The van der Waals surface area contributed by atoms with Crippen LogP contribution in [0.2, 0.25) is 0 Å². The molecule has 2 heteroatoms. The molecule has 1 N–H and O–H groups in total. The van der Waals surface area contributed by atoms with Crippen molar-refractivity contribution in [2.24, 2.45) is 16.4 Å². The van der Waals surface area contributed by atoms with Crippen molar-refractivity contribution in [1.29, 1.82) is 0 Å². The van der Waals surface area contributed by atoms with E-state index in [1.165, 1.54) is 50.7 Å². The SMILES string of the molecule is C1CC2(C1)CC(=NNCC1CC1)C2. The molecule has 1 spiro atoms. The number of nitrogens with zero attached hydrogens (tertiary/aromatic N) is 1. The first-order valence-electron chi connectivity index (χ1n) is 5.65. The first kappa shape index (κ1) is 7.84. The molecule has 0 aromatic heterocycles. The highest BCUT2D eigenvalue weighted by molar-refractivity contribution is 5.91. The van der Waals surface area contributed by atoms with Gasteiger partial charge in [0.1, 0.15) is 0 Å². The molecule has 3 fully saturated rings. The van der Waals surface area contributed by atoms with E-state index >= 15 is 0 Å². The second-order valence-electron chi connectivity index (χ2n) is 5.19. The van der Waals surface area contributed by atoms with E-state index in [0.29, 0.717) is 0 Å². The average Bonchev–Trinajstić information content (AvgIpc) is 2.73. The van der Waals surface area contributed by atoms with Crippen LogP contribution in [0.4, 0.5) is 0 Å². The second-order valence-corrected chi connectivity index (χ2v) is 5.19. The third-order valence-electron chi connectivity index (χ3n) is 3.89. The summed E-state index contributed by atoms with van der Waals surface area (Å²) in [6.45, 7) is 1.12. The smallest absolute Gasteiger partial charge is 0.0389 e. The van der Waals surface area contributed by atoms with Crippen LogP contribution in [0.25, 0.3) is 0 Å². The lowest BCUT2D eigenvalue weighted by Gasteiger charge is -2.49. The minimum atomic E-state index is 0.750. The molecule has 0 aliphatic heterocycles. The molecule has 0 bridgehead atoms. The Morgan fingerprint density at radius 2 is 2.08 bits per heavy atom. The van der Waals surface area contributed by atoms with Gasteiger partial charge < -0.3 is 5.43 Å². The number of rotatable bonds is 3. The third kappa shape index (κ3) is 1.47. The third-order valence-corrected chi connectivity index (χ3v) is 3.89. The zero-order chi connectivity index (χ0) is 8.73. The summed E-state index contributed by atoms with van der Waals surface area (Å²) >= 11 is 0. The maximum atomic E-state index is 4.45. The summed E-state index contributed by atoms with van der Waals surface area (Å²) < 4.78 is 0. The predicted octanol–water partition coefficient (Wildman–Crippen LogP) is 2.31. The first-order chi connectivity index (χ1) is 6.36. The van der Waals surface area contributed by atoms with Gasteiger partial charge in [-0.1, -0.05) is 6.42 Å². The summed E-state index contributed by atoms with van der Waals surface area (Å²) in [4.78, 5) is 0. The zero-order valence-electron chi connectivity index (χ0n) is 8.18. The molecular formula is C11H18N2. The molecule has 0 aromatic carbocycles. The topological polar surface area (TPSA) is 24.4 Å². The van der Waals surface area contributed by atoms with Gasteiger partial charge in [0.05, 0.1) is 0 Å². The van der Waals surface area contributed by atoms with Crippen molar-refractivity contribution >= 4 is 5.71 Å². The molecule has 0 atom stereocenters. The molecule has 0 unspecified atom stereocenters. The maximum absolute atomic E-state index is 4.45. The Balaban J connectivity index is 1.41. The number of hydrazone groups is 1. The second kappa shape index (κ2) is 2.73. The number of hydrogen-bond acceptors (Lipinski definition) is 2. The quantitative estimate of drug-likeness (QED) is 0.659. The molecule has 72 valence electrons. The zero-order valence-corrected chi connectivity index (χ0v) is 8.18. The molecule has 13 heavy (non-hydrogen) atoms. The lowest BCUT2D eigenvalue weighted by molar-refractivity contribution is 0.118. The van der Waals surface area contributed by atoms with Crippen molar-refractivity contribution < 1.29 is 0 Å². The van der Waals surface area contributed by atoms with E-state index in [4.69, 9.17) is 0 Å². The minimum absolute atomic E-state index is 0.750. The summed E-state index contributed by atoms with van der Waals surface area (Å²) in [5, 5.41) is 4.45. The van der Waals surface area contributed by atoms with Crippen LogP contribution in [-0.4, -0.2) is 12.3 Å². The van der Waals surface area contributed by atoms with Gasteiger partial charge in [0.25, 0.3) is 0 Å². The molecule has 2 nitrogen and oxygen atoms in total. The van der Waals surface area contributed by atoms with Crippen LogP contribution >= 0.6 is 0 Å². The monoisotopic (exact) mass is 178 g/mol. The van der Waals surface area contributed by atoms with E-state index in [1.807, 2.05) is 0 Å². The fourth-order valence-corrected chi connectivity index (χ4v) is 2.53. The van der Waals surface area contributed by atoms with E-state index in [1.54, 1.807) is 0 Å². The molecule has 0 aromatic rings. The summed E-state index contributed by atoms with van der Waals surface area (Å²) in [5.74, 6) is 0.946. The molecule has 0 amide bonds. The normalized spacial score (nSPS) is 29.4. The largest absolute Gasteiger partial charge is 0.310 e. The fourth-order valence-electron chi connectivity index (χ4n) is 2.53. The van der Waals surface area contributed by atoms with Crippen LogP contribution < -0.4 is 5.43 Å². The summed E-state index contributed by atoms with van der Waals surface area (Å²) in [6, 6.07) is 0. The predicted molar refractivity (Wildman–Crippen MR) is 53.7 cm³/mol. The van der Waals surface area contributed by atoms with Gasteiger partial charge >= 0.3 is 0 Å².